The number of rotatable bonds is 35. The Morgan fingerprint density at radius 2 is 0.816 bits per heavy atom. The van der Waals surface area contributed by atoms with Crippen LogP contribution in [0.5, 0.6) is 0 Å². The second-order valence-corrected chi connectivity index (χ2v) is 14.9. The summed E-state index contributed by atoms with van der Waals surface area (Å²) in [6.45, 7) is 8.14. The molecule has 0 aromatic heterocycles. The van der Waals surface area contributed by atoms with Crippen LogP contribution in [0.2, 0.25) is 0 Å². The molecule has 0 amide bonds. The zero-order chi connectivity index (χ0) is 36.5. The van der Waals surface area contributed by atoms with Gasteiger partial charge in [0, 0.05) is 19.3 Å². The Kier molecular flexibility index (Phi) is 31.2. The molecule has 0 aliphatic heterocycles. The van der Waals surface area contributed by atoms with Gasteiger partial charge in [-0.3, -0.25) is 9.59 Å². The highest BCUT2D eigenvalue weighted by atomic mass is 16.7. The zero-order valence-electron chi connectivity index (χ0n) is 33.4. The van der Waals surface area contributed by atoms with Crippen LogP contribution in [0.4, 0.5) is 0 Å². The quantitative estimate of drug-likeness (QED) is 0.0179. The highest BCUT2D eigenvalue weighted by molar-refractivity contribution is 5.72. The summed E-state index contributed by atoms with van der Waals surface area (Å²) in [5.41, 5.74) is 0. The van der Waals surface area contributed by atoms with Gasteiger partial charge in [-0.05, 0) is 71.1 Å². The molecule has 0 aliphatic rings. The lowest BCUT2D eigenvalue weighted by atomic mass is 10.0. The van der Waals surface area contributed by atoms with E-state index in [4.69, 9.17) is 9.47 Å². The van der Waals surface area contributed by atoms with E-state index in [-0.39, 0.29) is 31.2 Å². The summed E-state index contributed by atoms with van der Waals surface area (Å²) in [6.07, 6.45) is 41.4. The van der Waals surface area contributed by atoms with Crippen LogP contribution in [-0.4, -0.2) is 47.7 Å². The molecular formula is C43H82NO5+. The molecule has 0 aromatic carbocycles. The average molecular weight is 693 g/mol. The number of carbonyl (C=O) groups excluding carboxylic acids is 2. The maximum Gasteiger partial charge on any atom is 0.310 e. The Hall–Kier alpha value is -1.66. The maximum atomic E-state index is 13.0. The number of likely N-dealkylation sites (N-methyl/N-ethyl adjacent to an activating group) is 1. The predicted molar refractivity (Wildman–Crippen MR) is 207 cm³/mol. The van der Waals surface area contributed by atoms with E-state index in [0.29, 0.717) is 0 Å². The molecule has 0 aromatic rings. The maximum absolute atomic E-state index is 13.0. The average Bonchev–Trinajstić information content (AvgIpc) is 3.07. The molecule has 1 unspecified atom stereocenters. The summed E-state index contributed by atoms with van der Waals surface area (Å²) < 4.78 is 11.4. The normalized spacial score (nSPS) is 14.0. The van der Waals surface area contributed by atoms with Gasteiger partial charge in [0.25, 0.3) is 0 Å². The number of ether oxygens (including phenoxy) is 2. The Balaban J connectivity index is 4.32. The topological polar surface area (TPSA) is 72.8 Å². The van der Waals surface area contributed by atoms with Crippen molar-refractivity contribution in [2.75, 3.05) is 14.1 Å². The predicted octanol–water partition coefficient (Wildman–Crippen LogP) is 13.1. The molecule has 1 N–H and O–H groups in total. The van der Waals surface area contributed by atoms with Crippen LogP contribution in [0.1, 0.15) is 214 Å². The van der Waals surface area contributed by atoms with E-state index in [2.05, 4.69) is 38.2 Å². The smallest absolute Gasteiger partial charge is 0.310 e. The molecule has 1 atom stereocenters. The molecule has 0 bridgehead atoms. The Labute approximate surface area is 304 Å². The van der Waals surface area contributed by atoms with E-state index in [9.17, 15) is 14.8 Å². The number of allylic oxidation sites excluding steroid dienone is 4. The minimum atomic E-state index is -1.49. The van der Waals surface area contributed by atoms with Crippen molar-refractivity contribution in [1.29, 1.82) is 0 Å². The molecule has 6 nitrogen and oxygen atoms in total. The first kappa shape index (κ1) is 47.3. The third-order valence-corrected chi connectivity index (χ3v) is 9.94. The van der Waals surface area contributed by atoms with Crippen LogP contribution in [0.25, 0.3) is 0 Å². The SMILES string of the molecule is CCCCCCCCC=CCCCCCCCC(=O)OC(CC)(OC(=O)CCCCCCCC=CCCCCCCCC)C(C)[N+](C)(C)O. The summed E-state index contributed by atoms with van der Waals surface area (Å²) in [6, 6.07) is -0.631. The Bertz CT molecular complexity index is 777. The van der Waals surface area contributed by atoms with E-state index in [1.807, 2.05) is 6.92 Å². The van der Waals surface area contributed by atoms with Crippen LogP contribution < -0.4 is 0 Å². The van der Waals surface area contributed by atoms with Gasteiger partial charge in [-0.25, -0.2) is 5.21 Å². The second kappa shape index (κ2) is 32.3. The minimum absolute atomic E-state index is 0.284. The van der Waals surface area contributed by atoms with Crippen molar-refractivity contribution in [2.45, 2.75) is 226 Å². The van der Waals surface area contributed by atoms with E-state index in [1.54, 1.807) is 21.0 Å². The lowest BCUT2D eigenvalue weighted by Crippen LogP contribution is -2.61. The number of quaternary nitrogens is 1. The molecule has 0 rings (SSSR count). The van der Waals surface area contributed by atoms with Crippen molar-refractivity contribution < 1.29 is 28.9 Å². The zero-order valence-corrected chi connectivity index (χ0v) is 33.4. The number of nitrogens with zero attached hydrogens (tertiary/aromatic N) is 1. The fourth-order valence-corrected chi connectivity index (χ4v) is 6.28. The van der Waals surface area contributed by atoms with Gasteiger partial charge in [0.2, 0.25) is 0 Å². The molecule has 0 heterocycles. The molecule has 288 valence electrons. The van der Waals surface area contributed by atoms with Gasteiger partial charge in [-0.2, -0.15) is 4.65 Å². The standard InChI is InChI=1S/C43H82NO5/c1-7-10-12-14-16-18-20-22-24-26-28-30-32-34-36-38-41(45)48-43(9-3,40(4)44(5,6)47)49-42(46)39-37-35-33-31-29-27-25-23-21-19-17-15-13-11-8-2/h22-25,40,47H,7-21,26-39H2,1-6H3/q+1. The Morgan fingerprint density at radius 3 is 1.10 bits per heavy atom. The van der Waals surface area contributed by atoms with Gasteiger partial charge in [-0.1, -0.05) is 148 Å². The van der Waals surface area contributed by atoms with Crippen molar-refractivity contribution in [3.05, 3.63) is 24.3 Å². The van der Waals surface area contributed by atoms with Crippen molar-refractivity contribution in [3.8, 4) is 0 Å². The summed E-state index contributed by atoms with van der Waals surface area (Å²) >= 11 is 0. The molecular weight excluding hydrogens is 610 g/mol. The summed E-state index contributed by atoms with van der Waals surface area (Å²) in [5.74, 6) is -2.22. The van der Waals surface area contributed by atoms with Gasteiger partial charge >= 0.3 is 17.7 Å². The van der Waals surface area contributed by atoms with Gasteiger partial charge in [0.15, 0.2) is 6.04 Å². The van der Waals surface area contributed by atoms with E-state index >= 15 is 0 Å². The molecule has 49 heavy (non-hydrogen) atoms. The number of hydroxylamine groups is 3. The summed E-state index contributed by atoms with van der Waals surface area (Å²) in [4.78, 5) is 25.9. The number of carbonyl (C=O) groups is 2. The van der Waals surface area contributed by atoms with E-state index in [0.717, 1.165) is 64.2 Å². The Morgan fingerprint density at radius 1 is 0.531 bits per heavy atom. The highest BCUT2D eigenvalue weighted by Gasteiger charge is 2.51. The van der Waals surface area contributed by atoms with E-state index in [1.165, 1.54) is 103 Å². The van der Waals surface area contributed by atoms with E-state index < -0.39 is 16.5 Å². The molecule has 0 aliphatic carbocycles. The molecule has 6 heteroatoms. The number of hydrogen-bond donors (Lipinski definition) is 1. The molecule has 0 radical (unpaired) electrons. The minimum Gasteiger partial charge on any atom is -0.416 e. The van der Waals surface area contributed by atoms with Crippen LogP contribution in [0.3, 0.4) is 0 Å². The number of hydrogen-bond acceptors (Lipinski definition) is 5. The third-order valence-electron chi connectivity index (χ3n) is 9.94. The lowest BCUT2D eigenvalue weighted by Gasteiger charge is -2.40. The van der Waals surface area contributed by atoms with Crippen molar-refractivity contribution in [1.82, 2.24) is 0 Å². The fraction of sp³-hybridized carbons (Fsp3) is 0.860. The first-order valence-corrected chi connectivity index (χ1v) is 20.9. The third kappa shape index (κ3) is 27.7. The van der Waals surface area contributed by atoms with Crippen LogP contribution in [0.15, 0.2) is 24.3 Å². The summed E-state index contributed by atoms with van der Waals surface area (Å²) in [7, 11) is 3.23. The largest absolute Gasteiger partial charge is 0.416 e. The molecule has 0 saturated carbocycles. The summed E-state index contributed by atoms with van der Waals surface area (Å²) in [5, 5.41) is 10.8. The first-order chi connectivity index (χ1) is 23.6. The van der Waals surface area contributed by atoms with Crippen LogP contribution in [-0.2, 0) is 19.1 Å². The van der Waals surface area contributed by atoms with Gasteiger partial charge in [0.05, 0.1) is 14.1 Å². The van der Waals surface area contributed by atoms with Gasteiger partial charge in [-0.15, -0.1) is 0 Å². The van der Waals surface area contributed by atoms with Crippen LogP contribution in [0, 0.1) is 0 Å². The lowest BCUT2D eigenvalue weighted by molar-refractivity contribution is -1.10. The molecule has 0 saturated heterocycles. The van der Waals surface area contributed by atoms with Crippen molar-refractivity contribution in [2.24, 2.45) is 0 Å². The molecule has 0 spiro atoms. The monoisotopic (exact) mass is 693 g/mol. The van der Waals surface area contributed by atoms with Gasteiger partial charge < -0.3 is 9.47 Å². The fourth-order valence-electron chi connectivity index (χ4n) is 6.28. The first-order valence-electron chi connectivity index (χ1n) is 20.9. The van der Waals surface area contributed by atoms with Crippen LogP contribution >= 0.6 is 0 Å². The highest BCUT2D eigenvalue weighted by Crippen LogP contribution is 2.30. The van der Waals surface area contributed by atoms with Crippen molar-refractivity contribution in [3.63, 3.8) is 0 Å². The molecule has 0 fully saturated rings. The number of unbranched alkanes of at least 4 members (excludes halogenated alkanes) is 22. The van der Waals surface area contributed by atoms with Crippen molar-refractivity contribution >= 4 is 11.9 Å². The number of esters is 2. The van der Waals surface area contributed by atoms with Gasteiger partial charge in [0.1, 0.15) is 0 Å². The second-order valence-electron chi connectivity index (χ2n) is 14.9.